The highest BCUT2D eigenvalue weighted by Gasteiger charge is 2.19. The summed E-state index contributed by atoms with van der Waals surface area (Å²) >= 11 is 0. The second kappa shape index (κ2) is 6.23. The Kier molecular flexibility index (Phi) is 4.95. The van der Waals surface area contributed by atoms with Crippen LogP contribution in [0.1, 0.15) is 35.6 Å². The molecule has 0 aromatic carbocycles. The van der Waals surface area contributed by atoms with Crippen LogP contribution in [0, 0.1) is 6.92 Å². The number of ether oxygens (including phenoxy) is 2. The first-order valence-electron chi connectivity index (χ1n) is 5.99. The van der Waals surface area contributed by atoms with E-state index in [9.17, 15) is 9.59 Å². The van der Waals surface area contributed by atoms with Crippen molar-refractivity contribution in [3.05, 3.63) is 23.0 Å². The minimum absolute atomic E-state index is 0.157. The molecule has 0 aliphatic heterocycles. The number of esters is 2. The lowest BCUT2D eigenvalue weighted by atomic mass is 10.2. The molecule has 0 fully saturated rings. The van der Waals surface area contributed by atoms with Crippen molar-refractivity contribution < 1.29 is 19.1 Å². The fourth-order valence-corrected chi connectivity index (χ4v) is 1.85. The van der Waals surface area contributed by atoms with Crippen LogP contribution in [0.3, 0.4) is 0 Å². The summed E-state index contributed by atoms with van der Waals surface area (Å²) in [5, 5.41) is 0. The van der Waals surface area contributed by atoms with Gasteiger partial charge in [-0.25, -0.2) is 4.79 Å². The van der Waals surface area contributed by atoms with Crippen molar-refractivity contribution in [3.63, 3.8) is 0 Å². The number of carbonyl (C=O) groups excluding carboxylic acids is 2. The van der Waals surface area contributed by atoms with Crippen molar-refractivity contribution in [2.45, 2.75) is 27.2 Å². The first kappa shape index (κ1) is 14.3. The van der Waals surface area contributed by atoms with Gasteiger partial charge in [0.05, 0.1) is 19.6 Å². The molecule has 0 saturated heterocycles. The molecule has 1 rings (SSSR count). The lowest BCUT2D eigenvalue weighted by Crippen LogP contribution is -2.15. The molecule has 0 bridgehead atoms. The maximum atomic E-state index is 11.8. The molecule has 0 aliphatic carbocycles. The number of carbonyl (C=O) groups is 2. The van der Waals surface area contributed by atoms with Crippen LogP contribution in [0.25, 0.3) is 0 Å². The second-order valence-electron chi connectivity index (χ2n) is 3.93. The van der Waals surface area contributed by atoms with E-state index in [2.05, 4.69) is 0 Å². The SMILES string of the molecule is CCOC(=O)Cc1cc(C)c(C(=O)OCC)n1C. The molecule has 5 nitrogen and oxygen atoms in total. The van der Waals surface area contributed by atoms with Gasteiger partial charge in [-0.15, -0.1) is 0 Å². The molecule has 0 amide bonds. The van der Waals surface area contributed by atoms with Gasteiger partial charge in [0, 0.05) is 12.7 Å². The zero-order valence-corrected chi connectivity index (χ0v) is 11.3. The summed E-state index contributed by atoms with van der Waals surface area (Å²) < 4.78 is 11.6. The van der Waals surface area contributed by atoms with Crippen LogP contribution < -0.4 is 0 Å². The van der Waals surface area contributed by atoms with E-state index in [0.717, 1.165) is 11.3 Å². The smallest absolute Gasteiger partial charge is 0.355 e. The third-order valence-corrected chi connectivity index (χ3v) is 2.62. The van der Waals surface area contributed by atoms with Crippen molar-refractivity contribution in [1.29, 1.82) is 0 Å². The van der Waals surface area contributed by atoms with Gasteiger partial charge in [-0.3, -0.25) is 4.79 Å². The number of hydrogen-bond donors (Lipinski definition) is 0. The van der Waals surface area contributed by atoms with E-state index in [-0.39, 0.29) is 18.4 Å². The third kappa shape index (κ3) is 3.12. The average Bonchev–Trinajstić information content (AvgIpc) is 2.54. The molecule has 100 valence electrons. The maximum absolute atomic E-state index is 11.8. The number of rotatable bonds is 5. The fraction of sp³-hybridized carbons (Fsp3) is 0.538. The first-order valence-corrected chi connectivity index (χ1v) is 5.99. The topological polar surface area (TPSA) is 57.5 Å². The molecule has 0 aliphatic rings. The quantitative estimate of drug-likeness (QED) is 0.748. The highest BCUT2D eigenvalue weighted by Crippen LogP contribution is 2.16. The van der Waals surface area contributed by atoms with E-state index in [0.29, 0.717) is 18.9 Å². The standard InChI is InChI=1S/C13H19NO4/c1-5-17-11(15)8-10-7-9(3)12(14(10)4)13(16)18-6-2/h7H,5-6,8H2,1-4H3. The van der Waals surface area contributed by atoms with Gasteiger partial charge in [0.25, 0.3) is 0 Å². The summed E-state index contributed by atoms with van der Waals surface area (Å²) in [5.74, 6) is -0.666. The Labute approximate surface area is 107 Å². The van der Waals surface area contributed by atoms with Crippen LogP contribution in [-0.2, 0) is 27.7 Å². The minimum Gasteiger partial charge on any atom is -0.466 e. The van der Waals surface area contributed by atoms with E-state index in [1.165, 1.54) is 0 Å². The highest BCUT2D eigenvalue weighted by atomic mass is 16.5. The number of nitrogens with zero attached hydrogens (tertiary/aromatic N) is 1. The fourth-order valence-electron chi connectivity index (χ4n) is 1.85. The highest BCUT2D eigenvalue weighted by molar-refractivity contribution is 5.90. The maximum Gasteiger partial charge on any atom is 0.355 e. The Morgan fingerprint density at radius 1 is 1.22 bits per heavy atom. The molecule has 0 spiro atoms. The van der Waals surface area contributed by atoms with Crippen LogP contribution in [0.2, 0.25) is 0 Å². The zero-order chi connectivity index (χ0) is 13.7. The summed E-state index contributed by atoms with van der Waals surface area (Å²) in [5.41, 5.74) is 2.03. The molecular formula is C13H19NO4. The summed E-state index contributed by atoms with van der Waals surface area (Å²) in [6.45, 7) is 6.03. The average molecular weight is 253 g/mol. The molecule has 0 atom stereocenters. The van der Waals surface area contributed by atoms with Crippen LogP contribution in [0.5, 0.6) is 0 Å². The van der Waals surface area contributed by atoms with Gasteiger partial charge in [0.1, 0.15) is 5.69 Å². The molecule has 1 aromatic rings. The lowest BCUT2D eigenvalue weighted by Gasteiger charge is -2.07. The minimum atomic E-state index is -0.368. The van der Waals surface area contributed by atoms with Gasteiger partial charge in [-0.05, 0) is 32.4 Å². The van der Waals surface area contributed by atoms with Crippen molar-refractivity contribution in [2.24, 2.45) is 7.05 Å². The first-order chi connectivity index (χ1) is 8.51. The van der Waals surface area contributed by atoms with Crippen LogP contribution >= 0.6 is 0 Å². The number of hydrogen-bond acceptors (Lipinski definition) is 4. The molecule has 0 saturated carbocycles. The Hall–Kier alpha value is -1.78. The lowest BCUT2D eigenvalue weighted by molar-refractivity contribution is -0.142. The molecule has 0 N–H and O–H groups in total. The van der Waals surface area contributed by atoms with E-state index in [1.807, 2.05) is 13.0 Å². The number of aryl methyl sites for hydroxylation is 1. The predicted octanol–water partition coefficient (Wildman–Crippen LogP) is 1.62. The van der Waals surface area contributed by atoms with Crippen molar-refractivity contribution in [3.8, 4) is 0 Å². The van der Waals surface area contributed by atoms with Gasteiger partial charge < -0.3 is 14.0 Å². The monoisotopic (exact) mass is 253 g/mol. The zero-order valence-electron chi connectivity index (χ0n) is 11.3. The summed E-state index contributed by atoms with van der Waals surface area (Å²) in [6, 6.07) is 1.81. The molecule has 18 heavy (non-hydrogen) atoms. The summed E-state index contributed by atoms with van der Waals surface area (Å²) in [4.78, 5) is 23.2. The molecule has 1 aromatic heterocycles. The summed E-state index contributed by atoms with van der Waals surface area (Å²) in [6.07, 6.45) is 0.157. The van der Waals surface area contributed by atoms with Crippen LogP contribution in [-0.4, -0.2) is 29.7 Å². The molecule has 0 unspecified atom stereocenters. The van der Waals surface area contributed by atoms with Gasteiger partial charge in [0.15, 0.2) is 0 Å². The van der Waals surface area contributed by atoms with E-state index in [4.69, 9.17) is 9.47 Å². The normalized spacial score (nSPS) is 10.2. The van der Waals surface area contributed by atoms with Crippen LogP contribution in [0.15, 0.2) is 6.07 Å². The van der Waals surface area contributed by atoms with Crippen molar-refractivity contribution in [1.82, 2.24) is 4.57 Å². The van der Waals surface area contributed by atoms with Gasteiger partial charge in [0.2, 0.25) is 0 Å². The molecular weight excluding hydrogens is 234 g/mol. The second-order valence-corrected chi connectivity index (χ2v) is 3.93. The van der Waals surface area contributed by atoms with Gasteiger partial charge in [-0.2, -0.15) is 0 Å². The Morgan fingerprint density at radius 2 is 1.83 bits per heavy atom. The van der Waals surface area contributed by atoms with Gasteiger partial charge in [-0.1, -0.05) is 0 Å². The van der Waals surface area contributed by atoms with Crippen LogP contribution in [0.4, 0.5) is 0 Å². The van der Waals surface area contributed by atoms with Crippen molar-refractivity contribution in [2.75, 3.05) is 13.2 Å². The molecule has 1 heterocycles. The Balaban J connectivity index is 2.93. The largest absolute Gasteiger partial charge is 0.466 e. The molecule has 0 radical (unpaired) electrons. The van der Waals surface area contributed by atoms with E-state index in [1.54, 1.807) is 25.5 Å². The van der Waals surface area contributed by atoms with Crippen molar-refractivity contribution >= 4 is 11.9 Å². The van der Waals surface area contributed by atoms with E-state index >= 15 is 0 Å². The predicted molar refractivity (Wildman–Crippen MR) is 66.4 cm³/mol. The Morgan fingerprint density at radius 3 is 2.39 bits per heavy atom. The summed E-state index contributed by atoms with van der Waals surface area (Å²) in [7, 11) is 1.74. The number of aromatic nitrogens is 1. The van der Waals surface area contributed by atoms with Gasteiger partial charge >= 0.3 is 11.9 Å². The van der Waals surface area contributed by atoms with E-state index < -0.39 is 0 Å². The molecule has 5 heteroatoms. The Bertz CT molecular complexity index is 448. The third-order valence-electron chi connectivity index (χ3n) is 2.62.